The molecule has 2 bridgehead atoms. The van der Waals surface area contributed by atoms with E-state index >= 15 is 0 Å². The number of nitrogens with one attached hydrogen (secondary N) is 1. The summed E-state index contributed by atoms with van der Waals surface area (Å²) in [6.45, 7) is 0.660. The Balaban J connectivity index is 1.32. The average Bonchev–Trinajstić information content (AvgIpc) is 2.87. The highest BCUT2D eigenvalue weighted by molar-refractivity contribution is 5.79. The van der Waals surface area contributed by atoms with Gasteiger partial charge in [0.15, 0.2) is 11.5 Å². The topological polar surface area (TPSA) is 56.8 Å². The summed E-state index contributed by atoms with van der Waals surface area (Å²) < 4.78 is 16.2. The van der Waals surface area contributed by atoms with Crippen LogP contribution in [0.4, 0.5) is 0 Å². The van der Waals surface area contributed by atoms with Crippen molar-refractivity contribution in [3.8, 4) is 17.2 Å². The van der Waals surface area contributed by atoms with Crippen molar-refractivity contribution < 1.29 is 19.0 Å². The molecule has 0 spiro atoms. The smallest absolute Gasteiger partial charge is 0.224 e. The number of hydrogen-bond donors (Lipinski definition) is 1. The molecule has 0 heterocycles. The molecule has 0 saturated heterocycles. The maximum atomic E-state index is 12.9. The first-order valence-corrected chi connectivity index (χ1v) is 11.4. The van der Waals surface area contributed by atoms with Crippen molar-refractivity contribution in [2.75, 3.05) is 27.9 Å². The van der Waals surface area contributed by atoms with E-state index < -0.39 is 0 Å². The molecule has 1 atom stereocenters. The van der Waals surface area contributed by atoms with Crippen LogP contribution in [0.1, 0.15) is 46.1 Å². The van der Waals surface area contributed by atoms with Crippen LogP contribution >= 0.6 is 0 Å². The molecule has 33 heavy (non-hydrogen) atoms. The third-order valence-corrected chi connectivity index (χ3v) is 7.07. The number of rotatable bonds is 7. The summed E-state index contributed by atoms with van der Waals surface area (Å²) in [4.78, 5) is 12.9. The van der Waals surface area contributed by atoms with E-state index in [1.807, 2.05) is 12.1 Å². The molecule has 170 valence electrons. The van der Waals surface area contributed by atoms with Crippen LogP contribution in [0.25, 0.3) is 0 Å². The molecule has 0 radical (unpaired) electrons. The summed E-state index contributed by atoms with van der Waals surface area (Å²) in [5.41, 5.74) is 6.54. The summed E-state index contributed by atoms with van der Waals surface area (Å²) in [6.07, 6.45) is 1.31. The molecular formula is C28H29NO4. The molecule has 0 saturated carbocycles. The lowest BCUT2D eigenvalue weighted by molar-refractivity contribution is -0.120. The van der Waals surface area contributed by atoms with Crippen molar-refractivity contribution in [2.24, 2.45) is 5.92 Å². The molecule has 5 heteroatoms. The SMILES string of the molecule is COc1cc(CC(=O)NC[C@@H]2CC3c4ccccc4C2c2ccccc23)cc(OC)c1OC. The van der Waals surface area contributed by atoms with Gasteiger partial charge in [0.05, 0.1) is 27.8 Å². The summed E-state index contributed by atoms with van der Waals surface area (Å²) in [7, 11) is 4.73. The highest BCUT2D eigenvalue weighted by atomic mass is 16.5. The Hall–Kier alpha value is -3.47. The van der Waals surface area contributed by atoms with Crippen LogP contribution in [0.15, 0.2) is 60.7 Å². The molecule has 0 fully saturated rings. The fourth-order valence-corrected chi connectivity index (χ4v) is 5.69. The first kappa shape index (κ1) is 21.4. The van der Waals surface area contributed by atoms with Gasteiger partial charge in [0.2, 0.25) is 11.7 Å². The lowest BCUT2D eigenvalue weighted by Crippen LogP contribution is -2.39. The first-order chi connectivity index (χ1) is 16.1. The van der Waals surface area contributed by atoms with Gasteiger partial charge < -0.3 is 19.5 Å². The fourth-order valence-electron chi connectivity index (χ4n) is 5.69. The summed E-state index contributed by atoms with van der Waals surface area (Å²) >= 11 is 0. The Morgan fingerprint density at radius 3 is 1.91 bits per heavy atom. The van der Waals surface area contributed by atoms with Crippen LogP contribution in [0, 0.1) is 5.92 Å². The molecule has 0 aliphatic heterocycles. The second-order valence-electron chi connectivity index (χ2n) is 8.80. The maximum Gasteiger partial charge on any atom is 0.224 e. The van der Waals surface area contributed by atoms with Gasteiger partial charge in [-0.3, -0.25) is 4.79 Å². The van der Waals surface area contributed by atoms with E-state index in [4.69, 9.17) is 14.2 Å². The highest BCUT2D eigenvalue weighted by Crippen LogP contribution is 2.55. The second-order valence-corrected chi connectivity index (χ2v) is 8.80. The average molecular weight is 444 g/mol. The van der Waals surface area contributed by atoms with Crippen LogP contribution in [0.2, 0.25) is 0 Å². The zero-order valence-electron chi connectivity index (χ0n) is 19.3. The molecule has 1 N–H and O–H groups in total. The van der Waals surface area contributed by atoms with Gasteiger partial charge in [-0.1, -0.05) is 48.5 Å². The van der Waals surface area contributed by atoms with E-state index in [9.17, 15) is 4.79 Å². The quantitative estimate of drug-likeness (QED) is 0.577. The molecule has 0 aromatic heterocycles. The molecule has 5 nitrogen and oxygen atoms in total. The molecule has 1 amide bonds. The molecule has 3 aromatic rings. The number of benzene rings is 3. The molecule has 3 aliphatic carbocycles. The number of methoxy groups -OCH3 is 3. The Kier molecular flexibility index (Phi) is 5.71. The van der Waals surface area contributed by atoms with Gasteiger partial charge in [0.25, 0.3) is 0 Å². The van der Waals surface area contributed by atoms with Gasteiger partial charge in [-0.25, -0.2) is 0 Å². The van der Waals surface area contributed by atoms with E-state index in [2.05, 4.69) is 53.8 Å². The summed E-state index contributed by atoms with van der Waals surface area (Å²) in [5, 5.41) is 3.20. The lowest BCUT2D eigenvalue weighted by Gasteiger charge is -2.45. The Morgan fingerprint density at radius 1 is 0.848 bits per heavy atom. The zero-order chi connectivity index (χ0) is 22.9. The van der Waals surface area contributed by atoms with E-state index in [-0.39, 0.29) is 12.3 Å². The second kappa shape index (κ2) is 8.81. The van der Waals surface area contributed by atoms with Crippen LogP contribution < -0.4 is 19.5 Å². The number of hydrogen-bond acceptors (Lipinski definition) is 4. The van der Waals surface area contributed by atoms with Gasteiger partial charge in [-0.05, 0) is 52.3 Å². The van der Waals surface area contributed by atoms with E-state index in [1.165, 1.54) is 22.3 Å². The van der Waals surface area contributed by atoms with Crippen LogP contribution in [0.5, 0.6) is 17.2 Å². The molecule has 3 aliphatic rings. The minimum atomic E-state index is -0.00714. The minimum Gasteiger partial charge on any atom is -0.493 e. The van der Waals surface area contributed by atoms with Crippen LogP contribution in [-0.2, 0) is 11.2 Å². The fraction of sp³-hybridized carbons (Fsp3) is 0.321. The number of carbonyl (C=O) groups is 1. The molecule has 3 aromatic carbocycles. The van der Waals surface area contributed by atoms with Crippen molar-refractivity contribution >= 4 is 5.91 Å². The predicted octanol–water partition coefficient (Wildman–Crippen LogP) is 4.67. The third kappa shape index (κ3) is 3.71. The predicted molar refractivity (Wildman–Crippen MR) is 127 cm³/mol. The van der Waals surface area contributed by atoms with E-state index in [1.54, 1.807) is 21.3 Å². The number of fused-ring (bicyclic) bond motifs is 1. The largest absolute Gasteiger partial charge is 0.493 e. The van der Waals surface area contributed by atoms with Crippen molar-refractivity contribution in [1.82, 2.24) is 5.32 Å². The number of ether oxygens (including phenoxy) is 3. The Bertz CT molecular complexity index is 1120. The summed E-state index contributed by atoms with van der Waals surface area (Å²) in [5.74, 6) is 2.73. The Morgan fingerprint density at radius 2 is 1.39 bits per heavy atom. The van der Waals surface area contributed by atoms with Crippen molar-refractivity contribution in [3.63, 3.8) is 0 Å². The first-order valence-electron chi connectivity index (χ1n) is 11.4. The molecular weight excluding hydrogens is 414 g/mol. The summed E-state index contributed by atoms with van der Waals surface area (Å²) in [6, 6.07) is 21.2. The van der Waals surface area contributed by atoms with Crippen molar-refractivity contribution in [2.45, 2.75) is 24.7 Å². The van der Waals surface area contributed by atoms with Gasteiger partial charge in [0, 0.05) is 18.4 Å². The van der Waals surface area contributed by atoms with Gasteiger partial charge >= 0.3 is 0 Å². The van der Waals surface area contributed by atoms with E-state index in [0.717, 1.165) is 12.0 Å². The Labute approximate surface area is 194 Å². The number of amides is 1. The molecule has 6 rings (SSSR count). The van der Waals surface area contributed by atoms with Crippen LogP contribution in [-0.4, -0.2) is 33.8 Å². The zero-order valence-corrected chi connectivity index (χ0v) is 19.3. The lowest BCUT2D eigenvalue weighted by atomic mass is 9.59. The minimum absolute atomic E-state index is 0.00714. The maximum absolute atomic E-state index is 12.9. The standard InChI is InChI=1S/C28H29NO4/c1-31-24-12-17(13-25(32-2)28(24)33-3)14-26(30)29-16-18-15-23-19-8-4-6-10-21(19)27(18)22-11-7-5-9-20(22)23/h4-13,18,23,27H,14-16H2,1-3H3,(H,29,30)/t18-,23?,27?/m0/s1. The molecule has 0 unspecified atom stereocenters. The van der Waals surface area contributed by atoms with Gasteiger partial charge in [0.1, 0.15) is 0 Å². The third-order valence-electron chi connectivity index (χ3n) is 7.07. The van der Waals surface area contributed by atoms with Gasteiger partial charge in [-0.15, -0.1) is 0 Å². The monoisotopic (exact) mass is 443 g/mol. The normalized spacial score (nSPS) is 19.9. The van der Waals surface area contributed by atoms with E-state index in [0.29, 0.717) is 41.5 Å². The van der Waals surface area contributed by atoms with Crippen LogP contribution in [0.3, 0.4) is 0 Å². The van der Waals surface area contributed by atoms with Crippen molar-refractivity contribution in [1.29, 1.82) is 0 Å². The van der Waals surface area contributed by atoms with Gasteiger partial charge in [-0.2, -0.15) is 0 Å². The van der Waals surface area contributed by atoms with Crippen molar-refractivity contribution in [3.05, 3.63) is 88.5 Å². The highest BCUT2D eigenvalue weighted by Gasteiger charge is 2.42. The number of carbonyl (C=O) groups excluding carboxylic acids is 1.